The van der Waals surface area contributed by atoms with Gasteiger partial charge in [-0.3, -0.25) is 9.59 Å². The molecule has 0 fully saturated rings. The Kier molecular flexibility index (Phi) is 3.36. The zero-order valence-electron chi connectivity index (χ0n) is 12.7. The number of anilines is 1. The first-order chi connectivity index (χ1) is 9.09. The normalized spacial score (nSPS) is 16.6. The van der Waals surface area contributed by atoms with Crippen molar-refractivity contribution in [3.63, 3.8) is 0 Å². The van der Waals surface area contributed by atoms with Crippen LogP contribution in [-0.4, -0.2) is 17.5 Å². The summed E-state index contributed by atoms with van der Waals surface area (Å²) in [7, 11) is 0. The number of nitrogens with one attached hydrogen (secondary N) is 1. The van der Waals surface area contributed by atoms with Gasteiger partial charge < -0.3 is 10.1 Å². The number of ether oxygens (including phenoxy) is 1. The standard InChI is InChI=1S/C16H21NO3/c1-15(2,3)20-13(18)9-10-6-7-12-11(8-10)16(4,5)14(19)17-12/h6-8H,9H2,1-5H3,(H,17,19). The first-order valence-electron chi connectivity index (χ1n) is 6.76. The largest absolute Gasteiger partial charge is 0.460 e. The summed E-state index contributed by atoms with van der Waals surface area (Å²) >= 11 is 0. The lowest BCUT2D eigenvalue weighted by Gasteiger charge is -2.20. The molecule has 2 rings (SSSR count). The van der Waals surface area contributed by atoms with E-state index in [9.17, 15) is 9.59 Å². The van der Waals surface area contributed by atoms with Crippen LogP contribution in [0.5, 0.6) is 0 Å². The third-order valence-electron chi connectivity index (χ3n) is 3.34. The third kappa shape index (κ3) is 2.84. The summed E-state index contributed by atoms with van der Waals surface area (Å²) in [6, 6.07) is 5.61. The van der Waals surface area contributed by atoms with Crippen molar-refractivity contribution >= 4 is 17.6 Å². The van der Waals surface area contributed by atoms with E-state index in [0.717, 1.165) is 16.8 Å². The van der Waals surface area contributed by atoms with E-state index in [4.69, 9.17) is 4.74 Å². The van der Waals surface area contributed by atoms with Gasteiger partial charge in [0.15, 0.2) is 0 Å². The second-order valence-electron chi connectivity index (χ2n) is 6.72. The van der Waals surface area contributed by atoms with Crippen molar-refractivity contribution in [2.24, 2.45) is 0 Å². The molecule has 1 heterocycles. The highest BCUT2D eigenvalue weighted by atomic mass is 16.6. The van der Waals surface area contributed by atoms with Crippen LogP contribution in [0.15, 0.2) is 18.2 Å². The average Bonchev–Trinajstić information content (AvgIpc) is 2.48. The SMILES string of the molecule is CC(C)(C)OC(=O)Cc1ccc2c(c1)C(C)(C)C(=O)N2. The first-order valence-corrected chi connectivity index (χ1v) is 6.76. The van der Waals surface area contributed by atoms with E-state index >= 15 is 0 Å². The second kappa shape index (κ2) is 4.62. The maximum Gasteiger partial charge on any atom is 0.310 e. The van der Waals surface area contributed by atoms with Gasteiger partial charge in [-0.1, -0.05) is 12.1 Å². The Bertz CT molecular complexity index is 568. The molecule has 1 N–H and O–H groups in total. The summed E-state index contributed by atoms with van der Waals surface area (Å²) in [4.78, 5) is 23.7. The molecule has 1 amide bonds. The van der Waals surface area contributed by atoms with Crippen LogP contribution in [-0.2, 0) is 26.2 Å². The highest BCUT2D eigenvalue weighted by molar-refractivity contribution is 6.05. The highest BCUT2D eigenvalue weighted by Crippen LogP contribution is 2.37. The summed E-state index contributed by atoms with van der Waals surface area (Å²) in [6.45, 7) is 9.30. The summed E-state index contributed by atoms with van der Waals surface area (Å²) in [5, 5.41) is 2.85. The lowest BCUT2D eigenvalue weighted by molar-refractivity contribution is -0.153. The van der Waals surface area contributed by atoms with Crippen molar-refractivity contribution in [2.75, 3.05) is 5.32 Å². The van der Waals surface area contributed by atoms with Crippen LogP contribution in [0.4, 0.5) is 5.69 Å². The molecule has 1 aliphatic rings. The number of rotatable bonds is 2. The fourth-order valence-corrected chi connectivity index (χ4v) is 2.27. The minimum Gasteiger partial charge on any atom is -0.460 e. The van der Waals surface area contributed by atoms with Crippen molar-refractivity contribution in [2.45, 2.75) is 52.1 Å². The quantitative estimate of drug-likeness (QED) is 0.844. The van der Waals surface area contributed by atoms with E-state index < -0.39 is 11.0 Å². The van der Waals surface area contributed by atoms with Crippen molar-refractivity contribution < 1.29 is 14.3 Å². The number of hydrogen-bond donors (Lipinski definition) is 1. The van der Waals surface area contributed by atoms with Gasteiger partial charge in [-0.25, -0.2) is 0 Å². The molecule has 1 aliphatic heterocycles. The first kappa shape index (κ1) is 14.6. The number of fused-ring (bicyclic) bond motifs is 1. The molecule has 0 aliphatic carbocycles. The molecule has 108 valence electrons. The van der Waals surface area contributed by atoms with E-state index in [2.05, 4.69) is 5.32 Å². The van der Waals surface area contributed by atoms with Gasteiger partial charge in [0.1, 0.15) is 5.60 Å². The second-order valence-corrected chi connectivity index (χ2v) is 6.72. The molecule has 0 spiro atoms. The van der Waals surface area contributed by atoms with Gasteiger partial charge in [-0.2, -0.15) is 0 Å². The highest BCUT2D eigenvalue weighted by Gasteiger charge is 2.38. The number of amides is 1. The number of hydrogen-bond acceptors (Lipinski definition) is 3. The minimum absolute atomic E-state index is 0.0121. The molecule has 1 aromatic carbocycles. The van der Waals surface area contributed by atoms with Crippen molar-refractivity contribution in [3.05, 3.63) is 29.3 Å². The molecule has 1 aromatic rings. The fourth-order valence-electron chi connectivity index (χ4n) is 2.27. The van der Waals surface area contributed by atoms with Gasteiger partial charge in [0, 0.05) is 5.69 Å². The van der Waals surface area contributed by atoms with Gasteiger partial charge >= 0.3 is 5.97 Å². The van der Waals surface area contributed by atoms with E-state index in [1.165, 1.54) is 0 Å². The summed E-state index contributed by atoms with van der Waals surface area (Å²) in [5.41, 5.74) is 1.59. The predicted octanol–water partition coefficient (Wildman–Crippen LogP) is 2.80. The molecular weight excluding hydrogens is 254 g/mol. The maximum atomic E-state index is 11.9. The molecule has 4 nitrogen and oxygen atoms in total. The van der Waals surface area contributed by atoms with E-state index in [1.807, 2.05) is 52.8 Å². The molecule has 0 aromatic heterocycles. The molecule has 0 saturated heterocycles. The fraction of sp³-hybridized carbons (Fsp3) is 0.500. The van der Waals surface area contributed by atoms with Crippen LogP contribution in [0.2, 0.25) is 0 Å². The van der Waals surface area contributed by atoms with Crippen LogP contribution in [0, 0.1) is 0 Å². The van der Waals surface area contributed by atoms with Crippen molar-refractivity contribution in [1.29, 1.82) is 0 Å². The molecule has 4 heteroatoms. The zero-order valence-corrected chi connectivity index (χ0v) is 12.7. The van der Waals surface area contributed by atoms with Gasteiger partial charge in [-0.05, 0) is 51.8 Å². The van der Waals surface area contributed by atoms with Crippen LogP contribution >= 0.6 is 0 Å². The molecule has 0 unspecified atom stereocenters. The van der Waals surface area contributed by atoms with Gasteiger partial charge in [-0.15, -0.1) is 0 Å². The Balaban J connectivity index is 2.19. The number of carbonyl (C=O) groups is 2. The lowest BCUT2D eigenvalue weighted by atomic mass is 9.85. The van der Waals surface area contributed by atoms with Crippen molar-refractivity contribution in [1.82, 2.24) is 0 Å². The predicted molar refractivity (Wildman–Crippen MR) is 77.6 cm³/mol. The lowest BCUT2D eigenvalue weighted by Crippen LogP contribution is -2.27. The van der Waals surface area contributed by atoms with E-state index in [0.29, 0.717) is 0 Å². The molecular formula is C16H21NO3. The van der Waals surface area contributed by atoms with E-state index in [-0.39, 0.29) is 18.3 Å². The number of carbonyl (C=O) groups excluding carboxylic acids is 2. The Morgan fingerprint density at radius 1 is 1.30 bits per heavy atom. The Morgan fingerprint density at radius 3 is 2.55 bits per heavy atom. The molecule has 20 heavy (non-hydrogen) atoms. The minimum atomic E-state index is -0.556. The maximum absolute atomic E-state index is 11.9. The van der Waals surface area contributed by atoms with Crippen LogP contribution in [0.25, 0.3) is 0 Å². The Labute approximate surface area is 119 Å². The zero-order chi connectivity index (χ0) is 15.1. The average molecular weight is 275 g/mol. The summed E-state index contributed by atoms with van der Waals surface area (Å²) < 4.78 is 5.31. The number of esters is 1. The van der Waals surface area contributed by atoms with Crippen LogP contribution < -0.4 is 5.32 Å². The van der Waals surface area contributed by atoms with Gasteiger partial charge in [0.2, 0.25) is 5.91 Å². The van der Waals surface area contributed by atoms with E-state index in [1.54, 1.807) is 0 Å². The Hall–Kier alpha value is -1.84. The summed E-state index contributed by atoms with van der Waals surface area (Å²) in [6.07, 6.45) is 0.217. The van der Waals surface area contributed by atoms with Crippen LogP contribution in [0.3, 0.4) is 0 Å². The van der Waals surface area contributed by atoms with Crippen LogP contribution in [0.1, 0.15) is 45.7 Å². The smallest absolute Gasteiger partial charge is 0.310 e. The monoisotopic (exact) mass is 275 g/mol. The topological polar surface area (TPSA) is 55.4 Å². The molecule has 0 bridgehead atoms. The van der Waals surface area contributed by atoms with Gasteiger partial charge in [0.25, 0.3) is 0 Å². The number of benzene rings is 1. The third-order valence-corrected chi connectivity index (χ3v) is 3.34. The molecule has 0 atom stereocenters. The molecule has 0 radical (unpaired) electrons. The molecule has 0 saturated carbocycles. The van der Waals surface area contributed by atoms with Gasteiger partial charge in [0.05, 0.1) is 11.8 Å². The summed E-state index contributed by atoms with van der Waals surface area (Å²) in [5.74, 6) is -0.269. The Morgan fingerprint density at radius 2 is 1.95 bits per heavy atom. The van der Waals surface area contributed by atoms with Crippen molar-refractivity contribution in [3.8, 4) is 0 Å².